The van der Waals surface area contributed by atoms with Gasteiger partial charge in [0, 0.05) is 6.04 Å². The molecule has 0 radical (unpaired) electrons. The topological polar surface area (TPSA) is 32.3 Å². The van der Waals surface area contributed by atoms with Crippen molar-refractivity contribution >= 4 is 5.91 Å². The van der Waals surface area contributed by atoms with Gasteiger partial charge >= 0.3 is 0 Å². The summed E-state index contributed by atoms with van der Waals surface area (Å²) in [4.78, 5) is 14.6. The van der Waals surface area contributed by atoms with Crippen molar-refractivity contribution in [1.29, 1.82) is 0 Å². The molecule has 0 unspecified atom stereocenters. The van der Waals surface area contributed by atoms with Crippen LogP contribution in [0.1, 0.15) is 43.0 Å². The molecule has 2 aromatic rings. The molecule has 0 aromatic heterocycles. The predicted molar refractivity (Wildman–Crippen MR) is 92.9 cm³/mol. The van der Waals surface area contributed by atoms with E-state index in [1.807, 2.05) is 25.1 Å². The van der Waals surface area contributed by atoms with Crippen molar-refractivity contribution in [2.24, 2.45) is 0 Å². The maximum atomic E-state index is 13.0. The summed E-state index contributed by atoms with van der Waals surface area (Å²) < 4.78 is 13.0. The van der Waals surface area contributed by atoms with Crippen LogP contribution in [0.25, 0.3) is 0 Å². The van der Waals surface area contributed by atoms with Crippen LogP contribution in [0.15, 0.2) is 54.6 Å². The summed E-state index contributed by atoms with van der Waals surface area (Å²) in [5.41, 5.74) is 2.18. The monoisotopic (exact) mass is 326 g/mol. The lowest BCUT2D eigenvalue weighted by atomic mass is 10.0. The van der Waals surface area contributed by atoms with E-state index in [1.54, 1.807) is 12.1 Å². The summed E-state index contributed by atoms with van der Waals surface area (Å²) in [5, 5.41) is 3.01. The van der Waals surface area contributed by atoms with Crippen molar-refractivity contribution in [2.75, 3.05) is 13.1 Å². The number of nitrogens with one attached hydrogen (secondary N) is 1. The van der Waals surface area contributed by atoms with Crippen molar-refractivity contribution in [3.8, 4) is 0 Å². The summed E-state index contributed by atoms with van der Waals surface area (Å²) >= 11 is 0. The van der Waals surface area contributed by atoms with E-state index < -0.39 is 0 Å². The van der Waals surface area contributed by atoms with Crippen LogP contribution in [-0.2, 0) is 4.79 Å². The number of nitrogens with zero attached hydrogens (tertiary/aromatic N) is 1. The Morgan fingerprint density at radius 3 is 2.62 bits per heavy atom. The van der Waals surface area contributed by atoms with Crippen molar-refractivity contribution in [2.45, 2.75) is 31.8 Å². The lowest BCUT2D eigenvalue weighted by molar-refractivity contribution is -0.123. The first-order valence-electron chi connectivity index (χ1n) is 8.47. The van der Waals surface area contributed by atoms with E-state index in [0.717, 1.165) is 24.9 Å². The summed E-state index contributed by atoms with van der Waals surface area (Å²) in [7, 11) is 0. The Labute approximate surface area is 142 Å². The number of amides is 1. The first-order chi connectivity index (χ1) is 11.6. The molecule has 1 aliphatic rings. The highest BCUT2D eigenvalue weighted by atomic mass is 19.1. The van der Waals surface area contributed by atoms with Crippen LogP contribution in [0.2, 0.25) is 0 Å². The van der Waals surface area contributed by atoms with Crippen molar-refractivity contribution in [3.63, 3.8) is 0 Å². The highest BCUT2D eigenvalue weighted by molar-refractivity contribution is 5.78. The number of halogens is 1. The molecule has 0 saturated carbocycles. The van der Waals surface area contributed by atoms with Gasteiger partial charge in [-0.2, -0.15) is 0 Å². The van der Waals surface area contributed by atoms with E-state index >= 15 is 0 Å². The first kappa shape index (κ1) is 16.7. The average Bonchev–Trinajstić information content (AvgIpc) is 3.04. The third kappa shape index (κ3) is 4.01. The molecule has 0 spiro atoms. The molecule has 1 fully saturated rings. The van der Waals surface area contributed by atoms with E-state index in [2.05, 4.69) is 22.3 Å². The highest BCUT2D eigenvalue weighted by Crippen LogP contribution is 2.31. The Bertz CT molecular complexity index is 672. The molecule has 2 aromatic carbocycles. The summed E-state index contributed by atoms with van der Waals surface area (Å²) in [5.74, 6) is -0.255. The average molecular weight is 326 g/mol. The molecule has 126 valence electrons. The van der Waals surface area contributed by atoms with Gasteiger partial charge in [-0.1, -0.05) is 42.5 Å². The van der Waals surface area contributed by atoms with Crippen molar-refractivity contribution < 1.29 is 9.18 Å². The zero-order chi connectivity index (χ0) is 16.9. The fourth-order valence-electron chi connectivity index (χ4n) is 3.37. The van der Waals surface area contributed by atoms with E-state index in [4.69, 9.17) is 0 Å². The molecule has 3 nitrogen and oxygen atoms in total. The molecule has 1 N–H and O–H groups in total. The summed E-state index contributed by atoms with van der Waals surface area (Å²) in [6.45, 7) is 3.26. The van der Waals surface area contributed by atoms with Crippen LogP contribution in [0.3, 0.4) is 0 Å². The molecule has 1 aliphatic heterocycles. The zero-order valence-corrected chi connectivity index (χ0v) is 13.9. The van der Waals surface area contributed by atoms with E-state index in [0.29, 0.717) is 12.6 Å². The van der Waals surface area contributed by atoms with Gasteiger partial charge < -0.3 is 5.32 Å². The second-order valence-electron chi connectivity index (χ2n) is 6.38. The van der Waals surface area contributed by atoms with Crippen LogP contribution < -0.4 is 5.32 Å². The van der Waals surface area contributed by atoms with Crippen LogP contribution in [0.4, 0.5) is 4.39 Å². The fourth-order valence-corrected chi connectivity index (χ4v) is 3.37. The third-order valence-electron chi connectivity index (χ3n) is 4.64. The minimum atomic E-state index is -0.264. The summed E-state index contributed by atoms with van der Waals surface area (Å²) in [6, 6.07) is 16.8. The number of benzene rings is 2. The highest BCUT2D eigenvalue weighted by Gasteiger charge is 2.27. The second-order valence-corrected chi connectivity index (χ2v) is 6.38. The molecule has 1 saturated heterocycles. The van der Waals surface area contributed by atoms with Gasteiger partial charge in [-0.05, 0) is 49.6 Å². The molecule has 1 heterocycles. The largest absolute Gasteiger partial charge is 0.348 e. The molecule has 2 atom stereocenters. The molecule has 24 heavy (non-hydrogen) atoms. The van der Waals surface area contributed by atoms with Gasteiger partial charge in [-0.25, -0.2) is 4.39 Å². The van der Waals surface area contributed by atoms with Gasteiger partial charge in [0.05, 0.1) is 12.6 Å². The zero-order valence-electron chi connectivity index (χ0n) is 13.9. The number of likely N-dealkylation sites (tertiary alicyclic amines) is 1. The van der Waals surface area contributed by atoms with Gasteiger partial charge in [0.2, 0.25) is 5.91 Å². The maximum Gasteiger partial charge on any atom is 0.234 e. The maximum absolute atomic E-state index is 13.0. The van der Waals surface area contributed by atoms with Crippen LogP contribution in [0.5, 0.6) is 0 Å². The van der Waals surface area contributed by atoms with E-state index in [1.165, 1.54) is 17.7 Å². The molecule has 0 bridgehead atoms. The quantitative estimate of drug-likeness (QED) is 0.905. The number of rotatable bonds is 5. The van der Waals surface area contributed by atoms with Crippen LogP contribution in [0, 0.1) is 5.82 Å². The van der Waals surface area contributed by atoms with E-state index in [-0.39, 0.29) is 17.8 Å². The normalized spacial score (nSPS) is 19.2. The Kier molecular flexibility index (Phi) is 5.26. The predicted octanol–water partition coefficient (Wildman–Crippen LogP) is 3.84. The van der Waals surface area contributed by atoms with Gasteiger partial charge in [0.25, 0.3) is 0 Å². The fraction of sp³-hybridized carbons (Fsp3) is 0.350. The van der Waals surface area contributed by atoms with Crippen LogP contribution >= 0.6 is 0 Å². The minimum absolute atomic E-state index is 0.00894. The second kappa shape index (κ2) is 7.58. The molecule has 1 amide bonds. The standard InChI is InChI=1S/C20H23FN2O/c1-15(16-9-11-18(21)12-10-16)22-20(24)14-23-13-5-8-19(23)17-6-3-2-4-7-17/h2-4,6-7,9-12,15,19H,5,8,13-14H2,1H3,(H,22,24)/t15-,19+/m0/s1. The smallest absolute Gasteiger partial charge is 0.234 e. The van der Waals surface area contributed by atoms with Gasteiger partial charge in [-0.3, -0.25) is 9.69 Å². The van der Waals surface area contributed by atoms with Gasteiger partial charge in [0.15, 0.2) is 0 Å². The lowest BCUT2D eigenvalue weighted by Crippen LogP contribution is -2.38. The minimum Gasteiger partial charge on any atom is -0.348 e. The Hall–Kier alpha value is -2.20. The molecular formula is C20H23FN2O. The molecule has 3 rings (SSSR count). The Morgan fingerprint density at radius 1 is 1.21 bits per heavy atom. The van der Waals surface area contributed by atoms with Crippen molar-refractivity contribution in [1.82, 2.24) is 10.2 Å². The Morgan fingerprint density at radius 2 is 1.92 bits per heavy atom. The van der Waals surface area contributed by atoms with E-state index in [9.17, 15) is 9.18 Å². The van der Waals surface area contributed by atoms with Crippen molar-refractivity contribution in [3.05, 3.63) is 71.5 Å². The Balaban J connectivity index is 1.59. The first-order valence-corrected chi connectivity index (χ1v) is 8.47. The number of hydrogen-bond donors (Lipinski definition) is 1. The molecule has 4 heteroatoms. The number of carbonyl (C=O) groups excluding carboxylic acids is 1. The SMILES string of the molecule is C[C@H](NC(=O)CN1CCC[C@@H]1c1ccccc1)c1ccc(F)cc1. The lowest BCUT2D eigenvalue weighted by Gasteiger charge is -2.25. The molecule has 0 aliphatic carbocycles. The van der Waals surface area contributed by atoms with Crippen LogP contribution in [-0.4, -0.2) is 23.9 Å². The van der Waals surface area contributed by atoms with Gasteiger partial charge in [-0.15, -0.1) is 0 Å². The molecular weight excluding hydrogens is 303 g/mol. The van der Waals surface area contributed by atoms with Gasteiger partial charge in [0.1, 0.15) is 5.82 Å². The summed E-state index contributed by atoms with van der Waals surface area (Å²) in [6.07, 6.45) is 2.20. The number of carbonyl (C=O) groups is 1. The third-order valence-corrected chi connectivity index (χ3v) is 4.64. The number of hydrogen-bond acceptors (Lipinski definition) is 2.